The van der Waals surface area contributed by atoms with E-state index in [-0.39, 0.29) is 10.8 Å². The molecule has 4 fully saturated rings. The minimum atomic E-state index is -0.625. The normalized spacial score (nSPS) is 45.0. The van der Waals surface area contributed by atoms with Crippen molar-refractivity contribution in [1.29, 1.82) is 0 Å². The van der Waals surface area contributed by atoms with Crippen LogP contribution in [0.25, 0.3) is 0 Å². The monoisotopic (exact) mass is 284 g/mol. The lowest BCUT2D eigenvalue weighted by atomic mass is 9.36. The van der Waals surface area contributed by atoms with E-state index < -0.39 is 5.60 Å². The van der Waals surface area contributed by atoms with Crippen LogP contribution in [0.3, 0.4) is 0 Å². The molecule has 1 aromatic rings. The van der Waals surface area contributed by atoms with Crippen LogP contribution >= 0.6 is 0 Å². The number of hydrogen-bond donors (Lipinski definition) is 1. The van der Waals surface area contributed by atoms with Crippen molar-refractivity contribution in [1.82, 2.24) is 0 Å². The topological polar surface area (TPSA) is 20.2 Å². The lowest BCUT2D eigenvalue weighted by Crippen LogP contribution is -2.66. The van der Waals surface area contributed by atoms with Crippen LogP contribution in [0.15, 0.2) is 30.3 Å². The van der Waals surface area contributed by atoms with E-state index in [1.807, 2.05) is 0 Å². The summed E-state index contributed by atoms with van der Waals surface area (Å²) in [5.74, 6) is 2.17. The van der Waals surface area contributed by atoms with Gasteiger partial charge in [-0.2, -0.15) is 0 Å². The van der Waals surface area contributed by atoms with E-state index in [0.29, 0.717) is 5.92 Å². The molecule has 0 amide bonds. The highest BCUT2D eigenvalue weighted by Gasteiger charge is 2.68. The van der Waals surface area contributed by atoms with E-state index in [1.165, 1.54) is 37.7 Å². The maximum atomic E-state index is 12.0. The largest absolute Gasteiger partial charge is 0.384 e. The van der Waals surface area contributed by atoms with E-state index in [9.17, 15) is 5.11 Å². The molecular formula is C20H28O. The predicted molar refractivity (Wildman–Crippen MR) is 85.8 cm³/mol. The molecule has 4 saturated carbocycles. The lowest BCUT2D eigenvalue weighted by Gasteiger charge is -2.69. The van der Waals surface area contributed by atoms with Gasteiger partial charge in [-0.1, -0.05) is 51.1 Å². The smallest absolute Gasteiger partial charge is 0.0985 e. The molecule has 4 aliphatic carbocycles. The highest BCUT2D eigenvalue weighted by atomic mass is 16.3. The van der Waals surface area contributed by atoms with Crippen LogP contribution in [-0.2, 0) is 5.60 Å². The van der Waals surface area contributed by atoms with Crippen LogP contribution in [0.2, 0.25) is 0 Å². The second kappa shape index (κ2) is 4.13. The third kappa shape index (κ3) is 1.62. The van der Waals surface area contributed by atoms with Crippen molar-refractivity contribution in [2.45, 2.75) is 58.5 Å². The van der Waals surface area contributed by atoms with Crippen LogP contribution in [0, 0.1) is 28.6 Å². The van der Waals surface area contributed by atoms with Gasteiger partial charge >= 0.3 is 0 Å². The molecule has 0 heterocycles. The Kier molecular flexibility index (Phi) is 2.72. The van der Waals surface area contributed by atoms with Gasteiger partial charge in [0, 0.05) is 5.41 Å². The minimum Gasteiger partial charge on any atom is -0.384 e. The average Bonchev–Trinajstić information content (AvgIpc) is 2.43. The zero-order chi connectivity index (χ0) is 14.9. The van der Waals surface area contributed by atoms with E-state index in [1.54, 1.807) is 0 Å². The van der Waals surface area contributed by atoms with Gasteiger partial charge in [0.1, 0.15) is 0 Å². The fourth-order valence-electron chi connectivity index (χ4n) is 6.40. The van der Waals surface area contributed by atoms with Crippen LogP contribution in [0.4, 0.5) is 0 Å². The van der Waals surface area contributed by atoms with Gasteiger partial charge in [0.15, 0.2) is 0 Å². The highest BCUT2D eigenvalue weighted by Crippen LogP contribution is 2.72. The summed E-state index contributed by atoms with van der Waals surface area (Å²) in [5, 5.41) is 12.0. The Morgan fingerprint density at radius 1 is 0.952 bits per heavy atom. The molecule has 1 N–H and O–H groups in total. The molecule has 21 heavy (non-hydrogen) atoms. The zero-order valence-corrected chi connectivity index (χ0v) is 13.6. The lowest BCUT2D eigenvalue weighted by molar-refractivity contribution is -0.273. The Bertz CT molecular complexity index is 527. The highest BCUT2D eigenvalue weighted by molar-refractivity contribution is 5.32. The van der Waals surface area contributed by atoms with Crippen LogP contribution < -0.4 is 0 Å². The molecule has 0 aliphatic heterocycles. The van der Waals surface area contributed by atoms with Gasteiger partial charge in [0.05, 0.1) is 5.60 Å². The second-order valence-electron chi connectivity index (χ2n) is 9.01. The Morgan fingerprint density at radius 3 is 2.05 bits per heavy atom. The quantitative estimate of drug-likeness (QED) is 0.789. The molecule has 4 bridgehead atoms. The second-order valence-corrected chi connectivity index (χ2v) is 9.01. The average molecular weight is 284 g/mol. The summed E-state index contributed by atoms with van der Waals surface area (Å²) < 4.78 is 0. The Morgan fingerprint density at radius 2 is 1.52 bits per heavy atom. The number of hydrogen-bond acceptors (Lipinski definition) is 1. The number of rotatable bonds is 1. The summed E-state index contributed by atoms with van der Waals surface area (Å²) in [7, 11) is 0. The Hall–Kier alpha value is -0.820. The van der Waals surface area contributed by atoms with Crippen molar-refractivity contribution < 1.29 is 5.11 Å². The van der Waals surface area contributed by atoms with Crippen molar-refractivity contribution in [2.24, 2.45) is 28.6 Å². The van der Waals surface area contributed by atoms with E-state index in [4.69, 9.17) is 0 Å². The molecule has 1 nitrogen and oxygen atoms in total. The Balaban J connectivity index is 1.92. The molecule has 5 atom stereocenters. The summed E-state index contributed by atoms with van der Waals surface area (Å²) in [6.45, 7) is 7.07. The summed E-state index contributed by atoms with van der Waals surface area (Å²) in [5.41, 5.74) is 0.743. The van der Waals surface area contributed by atoms with Gasteiger partial charge in [0.2, 0.25) is 0 Å². The standard InChI is InChI=1S/C20H28O/c1-18(2,3)19-12-14-9-15(13-19)11-17(10-14)20(19,21)16-7-5-4-6-8-16/h4-8,14-15,17,21H,9-13H2,1-3H3/t14-,15+,17?,19?,20?. The first-order valence-corrected chi connectivity index (χ1v) is 8.65. The molecule has 3 unspecified atom stereocenters. The first kappa shape index (κ1) is 13.8. The van der Waals surface area contributed by atoms with Crippen molar-refractivity contribution in [3.05, 3.63) is 35.9 Å². The molecular weight excluding hydrogens is 256 g/mol. The molecule has 4 aliphatic rings. The first-order chi connectivity index (χ1) is 9.87. The fourth-order valence-corrected chi connectivity index (χ4v) is 6.40. The van der Waals surface area contributed by atoms with Gasteiger partial charge in [0.25, 0.3) is 0 Å². The molecule has 0 saturated heterocycles. The van der Waals surface area contributed by atoms with E-state index >= 15 is 0 Å². The van der Waals surface area contributed by atoms with E-state index in [2.05, 4.69) is 51.1 Å². The Labute approximate surface area is 128 Å². The number of benzene rings is 1. The van der Waals surface area contributed by atoms with Crippen molar-refractivity contribution in [3.8, 4) is 0 Å². The van der Waals surface area contributed by atoms with Crippen molar-refractivity contribution in [2.75, 3.05) is 0 Å². The summed E-state index contributed by atoms with van der Waals surface area (Å²) in [4.78, 5) is 0. The van der Waals surface area contributed by atoms with Gasteiger partial charge < -0.3 is 5.11 Å². The molecule has 114 valence electrons. The van der Waals surface area contributed by atoms with Crippen LogP contribution in [0.1, 0.15) is 58.4 Å². The summed E-state index contributed by atoms with van der Waals surface area (Å²) in [6, 6.07) is 10.6. The molecule has 0 aromatic heterocycles. The van der Waals surface area contributed by atoms with Gasteiger partial charge in [-0.05, 0) is 60.8 Å². The van der Waals surface area contributed by atoms with Gasteiger partial charge in [-0.15, -0.1) is 0 Å². The summed E-state index contributed by atoms with van der Waals surface area (Å²) >= 11 is 0. The van der Waals surface area contributed by atoms with Gasteiger partial charge in [-0.3, -0.25) is 0 Å². The third-order valence-corrected chi connectivity index (χ3v) is 7.15. The third-order valence-electron chi connectivity index (χ3n) is 7.15. The molecule has 0 radical (unpaired) electrons. The van der Waals surface area contributed by atoms with E-state index in [0.717, 1.165) is 11.8 Å². The number of aliphatic hydroxyl groups is 1. The molecule has 1 aromatic carbocycles. The van der Waals surface area contributed by atoms with Crippen LogP contribution in [-0.4, -0.2) is 5.11 Å². The maximum absolute atomic E-state index is 12.0. The fraction of sp³-hybridized carbons (Fsp3) is 0.700. The minimum absolute atomic E-state index is 0.0517. The maximum Gasteiger partial charge on any atom is 0.0985 e. The van der Waals surface area contributed by atoms with Crippen LogP contribution in [0.5, 0.6) is 0 Å². The molecule has 1 heteroatoms. The van der Waals surface area contributed by atoms with Crippen molar-refractivity contribution >= 4 is 0 Å². The zero-order valence-electron chi connectivity index (χ0n) is 13.6. The summed E-state index contributed by atoms with van der Waals surface area (Å²) in [6.07, 6.45) is 6.32. The first-order valence-electron chi connectivity index (χ1n) is 8.65. The van der Waals surface area contributed by atoms with Crippen molar-refractivity contribution in [3.63, 3.8) is 0 Å². The molecule has 5 rings (SSSR count). The molecule has 0 spiro atoms. The van der Waals surface area contributed by atoms with Gasteiger partial charge in [-0.25, -0.2) is 0 Å². The predicted octanol–water partition coefficient (Wildman–Crippen LogP) is 4.75. The SMILES string of the molecule is CC(C)(C)C12C[C@@H]3CC(C[C@@H](C3)C1)C2(O)c1ccccc1.